The summed E-state index contributed by atoms with van der Waals surface area (Å²) in [5.74, 6) is -1.69. The van der Waals surface area contributed by atoms with E-state index in [0.29, 0.717) is 5.56 Å². The Morgan fingerprint density at radius 3 is 2.39 bits per heavy atom. The fourth-order valence-electron chi connectivity index (χ4n) is 3.60. The average molecular weight is 469 g/mol. The van der Waals surface area contributed by atoms with E-state index in [1.54, 1.807) is 24.4 Å². The Morgan fingerprint density at radius 2 is 1.73 bits per heavy atom. The van der Waals surface area contributed by atoms with Gasteiger partial charge in [0.1, 0.15) is 17.6 Å². The number of hydrogen-bond donors (Lipinski definition) is 4. The van der Waals surface area contributed by atoms with Gasteiger partial charge >= 0.3 is 0 Å². The summed E-state index contributed by atoms with van der Waals surface area (Å²) in [6.45, 7) is -0.222. The van der Waals surface area contributed by atoms with Gasteiger partial charge in [0.05, 0.1) is 4.90 Å². The smallest absolute Gasteiger partial charge is 0.266 e. The molecule has 0 aliphatic heterocycles. The van der Waals surface area contributed by atoms with Gasteiger partial charge in [0, 0.05) is 18.3 Å². The summed E-state index contributed by atoms with van der Waals surface area (Å²) >= 11 is 0. The summed E-state index contributed by atoms with van der Waals surface area (Å²) in [5.41, 5.74) is 3.12. The number of aromatic nitrogens is 1. The fourth-order valence-corrected chi connectivity index (χ4v) is 5.17. The van der Waals surface area contributed by atoms with Gasteiger partial charge in [0.25, 0.3) is 5.91 Å². The molecule has 0 unspecified atom stereocenters. The number of aromatic hydroxyl groups is 1. The minimum Gasteiger partial charge on any atom is -0.508 e. The third-order valence-electron chi connectivity index (χ3n) is 5.23. The van der Waals surface area contributed by atoms with Crippen LogP contribution in [0.4, 0.5) is 4.39 Å². The van der Waals surface area contributed by atoms with E-state index in [2.05, 4.69) is 4.98 Å². The van der Waals surface area contributed by atoms with Gasteiger partial charge in [-0.25, -0.2) is 18.3 Å². The van der Waals surface area contributed by atoms with Crippen LogP contribution >= 0.6 is 0 Å². The number of phenols is 1. The highest BCUT2D eigenvalue weighted by molar-refractivity contribution is 7.89. The van der Waals surface area contributed by atoms with Gasteiger partial charge < -0.3 is 10.1 Å². The molecule has 0 saturated heterocycles. The lowest BCUT2D eigenvalue weighted by molar-refractivity contribution is -0.133. The van der Waals surface area contributed by atoms with Crippen molar-refractivity contribution in [3.8, 4) is 5.75 Å². The molecular formula is C23H20FN3O5S. The summed E-state index contributed by atoms with van der Waals surface area (Å²) in [6, 6.07) is 15.2. The Hall–Kier alpha value is -3.73. The number of aromatic amines is 1. The molecule has 0 fully saturated rings. The maximum atomic E-state index is 13.7. The molecule has 1 amide bonds. The van der Waals surface area contributed by atoms with Crippen LogP contribution in [0.1, 0.15) is 17.2 Å². The standard InChI is InChI=1S/C23H20FN3O5S/c24-18-4-2-16(3-5-18)22(23(29)26-30)27(33(31,32)20-8-6-19(28)7-9-20)14-15-1-10-21-17(13-15)11-12-25-21/h1-13,22,25,28,30H,14H2,(H,26,29)/t22-/m1/s1. The molecule has 0 aliphatic carbocycles. The van der Waals surface area contributed by atoms with E-state index in [1.165, 1.54) is 41.9 Å². The molecule has 1 atom stereocenters. The fraction of sp³-hybridized carbons (Fsp3) is 0.0870. The Morgan fingerprint density at radius 1 is 1.03 bits per heavy atom. The van der Waals surface area contributed by atoms with Crippen molar-refractivity contribution in [2.75, 3.05) is 0 Å². The van der Waals surface area contributed by atoms with E-state index in [1.807, 2.05) is 6.07 Å². The number of carbonyl (C=O) groups is 1. The summed E-state index contributed by atoms with van der Waals surface area (Å²) in [7, 11) is -4.32. The number of fused-ring (bicyclic) bond motifs is 1. The molecule has 4 aromatic rings. The Kier molecular flexibility index (Phi) is 6.14. The van der Waals surface area contributed by atoms with E-state index >= 15 is 0 Å². The Bertz CT molecular complexity index is 1390. The second-order valence-electron chi connectivity index (χ2n) is 7.37. The van der Waals surface area contributed by atoms with Crippen molar-refractivity contribution in [1.29, 1.82) is 0 Å². The topological polar surface area (TPSA) is 123 Å². The summed E-state index contributed by atoms with van der Waals surface area (Å²) in [5, 5.41) is 19.8. The lowest BCUT2D eigenvalue weighted by Gasteiger charge is -2.30. The molecule has 170 valence electrons. The monoisotopic (exact) mass is 469 g/mol. The highest BCUT2D eigenvalue weighted by Gasteiger charge is 2.37. The number of amides is 1. The van der Waals surface area contributed by atoms with Crippen molar-refractivity contribution in [3.05, 3.63) is 95.9 Å². The predicted octanol–water partition coefficient (Wildman–Crippen LogP) is 3.45. The second kappa shape index (κ2) is 9.02. The van der Waals surface area contributed by atoms with Crippen LogP contribution in [0.15, 0.2) is 83.9 Å². The molecule has 1 aromatic heterocycles. The maximum absolute atomic E-state index is 13.7. The van der Waals surface area contributed by atoms with Crippen molar-refractivity contribution >= 4 is 26.8 Å². The van der Waals surface area contributed by atoms with Crippen LogP contribution in [0.3, 0.4) is 0 Å². The number of hydrogen-bond acceptors (Lipinski definition) is 5. The SMILES string of the molecule is O=C(NO)[C@@H](c1ccc(F)cc1)N(Cc1ccc2[nH]ccc2c1)S(=O)(=O)c1ccc(O)cc1. The highest BCUT2D eigenvalue weighted by atomic mass is 32.2. The molecule has 0 bridgehead atoms. The molecule has 4 N–H and O–H groups in total. The predicted molar refractivity (Wildman–Crippen MR) is 118 cm³/mol. The molecule has 0 spiro atoms. The molecule has 0 saturated carbocycles. The van der Waals surface area contributed by atoms with E-state index in [0.717, 1.165) is 27.3 Å². The number of halogens is 1. The van der Waals surface area contributed by atoms with Crippen LogP contribution < -0.4 is 5.48 Å². The third-order valence-corrected chi connectivity index (χ3v) is 7.06. The largest absolute Gasteiger partial charge is 0.508 e. The minimum atomic E-state index is -4.32. The molecule has 4 rings (SSSR count). The van der Waals surface area contributed by atoms with Gasteiger partial charge in [0.2, 0.25) is 10.0 Å². The first-order chi connectivity index (χ1) is 15.8. The normalized spacial score (nSPS) is 12.7. The summed E-state index contributed by atoms with van der Waals surface area (Å²) in [4.78, 5) is 15.6. The van der Waals surface area contributed by atoms with Crippen molar-refractivity contribution < 1.29 is 27.9 Å². The number of rotatable bonds is 7. The first kappa shape index (κ1) is 22.5. The average Bonchev–Trinajstić information content (AvgIpc) is 3.28. The van der Waals surface area contributed by atoms with Gasteiger partial charge in [-0.1, -0.05) is 18.2 Å². The number of phenolic OH excluding ortho intramolecular Hbond substituents is 1. The van der Waals surface area contributed by atoms with Crippen molar-refractivity contribution in [3.63, 3.8) is 0 Å². The third kappa shape index (κ3) is 4.58. The van der Waals surface area contributed by atoms with Crippen LogP contribution in [0.25, 0.3) is 10.9 Å². The summed E-state index contributed by atoms with van der Waals surface area (Å²) < 4.78 is 41.8. The molecule has 0 aliphatic rings. The van der Waals surface area contributed by atoms with Gasteiger partial charge in [-0.15, -0.1) is 0 Å². The van der Waals surface area contributed by atoms with E-state index in [4.69, 9.17) is 0 Å². The summed E-state index contributed by atoms with van der Waals surface area (Å²) in [6.07, 6.45) is 1.75. The van der Waals surface area contributed by atoms with E-state index in [-0.39, 0.29) is 22.8 Å². The van der Waals surface area contributed by atoms with Crippen molar-refractivity contribution in [2.24, 2.45) is 0 Å². The molecule has 0 radical (unpaired) electrons. The van der Waals surface area contributed by atoms with Gasteiger partial charge in [-0.2, -0.15) is 4.31 Å². The zero-order valence-corrected chi connectivity index (χ0v) is 18.0. The second-order valence-corrected chi connectivity index (χ2v) is 9.26. The van der Waals surface area contributed by atoms with Gasteiger partial charge in [-0.05, 0) is 71.1 Å². The van der Waals surface area contributed by atoms with Crippen molar-refractivity contribution in [1.82, 2.24) is 14.8 Å². The van der Waals surface area contributed by atoms with Gasteiger partial charge in [-0.3, -0.25) is 10.0 Å². The van der Waals surface area contributed by atoms with Crippen LogP contribution in [0.2, 0.25) is 0 Å². The number of nitrogens with one attached hydrogen (secondary N) is 2. The number of H-pyrrole nitrogens is 1. The molecule has 1 heterocycles. The van der Waals surface area contributed by atoms with Crippen LogP contribution in [-0.4, -0.2) is 33.9 Å². The lowest BCUT2D eigenvalue weighted by Crippen LogP contribution is -2.42. The number of carbonyl (C=O) groups excluding carboxylic acids is 1. The lowest BCUT2D eigenvalue weighted by atomic mass is 10.1. The first-order valence-corrected chi connectivity index (χ1v) is 11.3. The quantitative estimate of drug-likeness (QED) is 0.244. The van der Waals surface area contributed by atoms with Crippen molar-refractivity contribution in [2.45, 2.75) is 17.5 Å². The van der Waals surface area contributed by atoms with E-state index < -0.39 is 27.8 Å². The number of hydroxylamine groups is 1. The molecule has 33 heavy (non-hydrogen) atoms. The molecular weight excluding hydrogens is 449 g/mol. The van der Waals surface area contributed by atoms with Crippen LogP contribution in [0.5, 0.6) is 5.75 Å². The molecule has 10 heteroatoms. The first-order valence-electron chi connectivity index (χ1n) is 9.86. The molecule has 8 nitrogen and oxygen atoms in total. The number of sulfonamides is 1. The Labute approximate surface area is 188 Å². The van der Waals surface area contributed by atoms with Gasteiger partial charge in [0.15, 0.2) is 0 Å². The van der Waals surface area contributed by atoms with Crippen LogP contribution in [0, 0.1) is 5.82 Å². The Balaban J connectivity index is 1.86. The van der Waals surface area contributed by atoms with Crippen LogP contribution in [-0.2, 0) is 21.4 Å². The van der Waals surface area contributed by atoms with E-state index in [9.17, 15) is 27.9 Å². The number of benzene rings is 3. The zero-order chi connectivity index (χ0) is 23.6. The number of nitrogens with zero attached hydrogens (tertiary/aromatic N) is 1. The molecule has 3 aromatic carbocycles. The zero-order valence-electron chi connectivity index (χ0n) is 17.1. The maximum Gasteiger partial charge on any atom is 0.266 e. The highest BCUT2D eigenvalue weighted by Crippen LogP contribution is 2.31. The minimum absolute atomic E-state index is 0.124.